The Labute approximate surface area is 115 Å². The lowest BCUT2D eigenvalue weighted by atomic mass is 10.1. The van der Waals surface area contributed by atoms with Gasteiger partial charge in [-0.2, -0.15) is 0 Å². The van der Waals surface area contributed by atoms with Crippen LogP contribution >= 0.6 is 0 Å². The molecule has 104 valence electrons. The normalized spacial score (nSPS) is 24.5. The van der Waals surface area contributed by atoms with Crippen LogP contribution in [-0.2, 0) is 0 Å². The van der Waals surface area contributed by atoms with Gasteiger partial charge in [0.1, 0.15) is 0 Å². The van der Waals surface area contributed by atoms with Crippen LogP contribution in [0.1, 0.15) is 29.8 Å². The minimum atomic E-state index is 0.106. The summed E-state index contributed by atoms with van der Waals surface area (Å²) in [7, 11) is 2.12. The Balaban J connectivity index is 2.17. The van der Waals surface area contributed by atoms with Crippen LogP contribution in [0.15, 0.2) is 18.2 Å². The van der Waals surface area contributed by atoms with Gasteiger partial charge in [-0.1, -0.05) is 0 Å². The molecule has 1 heterocycles. The van der Waals surface area contributed by atoms with Crippen molar-refractivity contribution in [3.8, 4) is 0 Å². The highest BCUT2D eigenvalue weighted by atomic mass is 16.2. The van der Waals surface area contributed by atoms with Crippen LogP contribution in [0.2, 0.25) is 0 Å². The Bertz CT molecular complexity index is 474. The lowest BCUT2D eigenvalue weighted by Crippen LogP contribution is -2.56. The Kier molecular flexibility index (Phi) is 3.80. The smallest absolute Gasteiger partial charge is 0.253 e. The highest BCUT2D eigenvalue weighted by Crippen LogP contribution is 2.18. The van der Waals surface area contributed by atoms with Gasteiger partial charge in [-0.25, -0.2) is 0 Å². The topological polar surface area (TPSA) is 49.6 Å². The second-order valence-corrected chi connectivity index (χ2v) is 5.65. The molecule has 0 spiro atoms. The van der Waals surface area contributed by atoms with Gasteiger partial charge in [-0.15, -0.1) is 0 Å². The maximum atomic E-state index is 12.5. The average Bonchev–Trinajstić information content (AvgIpc) is 2.37. The highest BCUT2D eigenvalue weighted by Gasteiger charge is 2.29. The quantitative estimate of drug-likeness (QED) is 0.783. The molecule has 1 amide bonds. The molecule has 0 aromatic heterocycles. The van der Waals surface area contributed by atoms with E-state index >= 15 is 0 Å². The fourth-order valence-electron chi connectivity index (χ4n) is 2.56. The summed E-state index contributed by atoms with van der Waals surface area (Å²) in [6.45, 7) is 7.81. The summed E-state index contributed by atoms with van der Waals surface area (Å²) in [5, 5.41) is 0. The average molecular weight is 261 g/mol. The number of likely N-dealkylation sites (N-methyl/N-ethyl adjacent to an activating group) is 1. The fourth-order valence-corrected chi connectivity index (χ4v) is 2.56. The Morgan fingerprint density at radius 3 is 2.37 bits per heavy atom. The summed E-state index contributed by atoms with van der Waals surface area (Å²) in [6.07, 6.45) is 0. The van der Waals surface area contributed by atoms with Gasteiger partial charge in [0.15, 0.2) is 0 Å². The number of hydrogen-bond donors (Lipinski definition) is 1. The second-order valence-electron chi connectivity index (χ2n) is 5.65. The fraction of sp³-hybridized carbons (Fsp3) is 0.533. The molecule has 4 heteroatoms. The van der Waals surface area contributed by atoms with Crippen LogP contribution in [0.4, 0.5) is 5.69 Å². The first-order valence-corrected chi connectivity index (χ1v) is 6.77. The molecular formula is C15H23N3O. The third-order valence-electron chi connectivity index (χ3n) is 4.16. The lowest BCUT2D eigenvalue weighted by Gasteiger charge is -2.42. The highest BCUT2D eigenvalue weighted by molar-refractivity contribution is 5.95. The molecule has 1 aliphatic rings. The van der Waals surface area contributed by atoms with E-state index in [2.05, 4.69) is 25.8 Å². The molecule has 2 unspecified atom stereocenters. The van der Waals surface area contributed by atoms with Gasteiger partial charge in [0, 0.05) is 36.4 Å². The molecular weight excluding hydrogens is 238 g/mol. The van der Waals surface area contributed by atoms with E-state index in [1.54, 1.807) is 0 Å². The molecule has 4 nitrogen and oxygen atoms in total. The molecule has 0 radical (unpaired) electrons. The van der Waals surface area contributed by atoms with E-state index in [9.17, 15) is 4.79 Å². The zero-order valence-corrected chi connectivity index (χ0v) is 12.2. The maximum absolute atomic E-state index is 12.5. The predicted molar refractivity (Wildman–Crippen MR) is 78.2 cm³/mol. The molecule has 2 rings (SSSR count). The third-order valence-corrected chi connectivity index (χ3v) is 4.16. The number of rotatable bonds is 1. The SMILES string of the molecule is Cc1cc(C(=O)N2CC(C)N(C)C(C)C2)ccc1N. The van der Waals surface area contributed by atoms with Crippen LogP contribution in [0.5, 0.6) is 0 Å². The molecule has 2 N–H and O–H groups in total. The van der Waals surface area contributed by atoms with Gasteiger partial charge < -0.3 is 10.6 Å². The van der Waals surface area contributed by atoms with Crippen molar-refractivity contribution < 1.29 is 4.79 Å². The molecule has 2 atom stereocenters. The summed E-state index contributed by atoms with van der Waals surface area (Å²) >= 11 is 0. The number of carbonyl (C=O) groups excluding carboxylic acids is 1. The zero-order valence-electron chi connectivity index (χ0n) is 12.2. The molecule has 19 heavy (non-hydrogen) atoms. The number of benzene rings is 1. The van der Waals surface area contributed by atoms with Crippen molar-refractivity contribution in [2.45, 2.75) is 32.9 Å². The van der Waals surface area contributed by atoms with Crippen molar-refractivity contribution in [3.05, 3.63) is 29.3 Å². The molecule has 0 aliphatic carbocycles. The number of piperazine rings is 1. The van der Waals surface area contributed by atoms with E-state index in [4.69, 9.17) is 5.73 Å². The molecule has 1 aromatic carbocycles. The van der Waals surface area contributed by atoms with Crippen molar-refractivity contribution in [1.82, 2.24) is 9.80 Å². The van der Waals surface area contributed by atoms with Gasteiger partial charge in [-0.05, 0) is 51.6 Å². The van der Waals surface area contributed by atoms with E-state index in [1.807, 2.05) is 30.0 Å². The molecule has 0 bridgehead atoms. The summed E-state index contributed by atoms with van der Waals surface area (Å²) in [4.78, 5) is 16.8. The molecule has 1 aromatic rings. The van der Waals surface area contributed by atoms with E-state index in [0.717, 1.165) is 29.9 Å². The number of nitrogen functional groups attached to an aromatic ring is 1. The number of carbonyl (C=O) groups is 1. The molecule has 1 aliphatic heterocycles. The monoisotopic (exact) mass is 261 g/mol. The zero-order chi connectivity index (χ0) is 14.2. The predicted octanol–water partition coefficient (Wildman–Crippen LogP) is 1.74. The van der Waals surface area contributed by atoms with E-state index < -0.39 is 0 Å². The van der Waals surface area contributed by atoms with Crippen LogP contribution in [0.25, 0.3) is 0 Å². The number of aryl methyl sites for hydroxylation is 1. The van der Waals surface area contributed by atoms with Crippen molar-refractivity contribution in [2.24, 2.45) is 0 Å². The first-order valence-electron chi connectivity index (χ1n) is 6.77. The number of anilines is 1. The first-order chi connectivity index (χ1) is 8.90. The van der Waals surface area contributed by atoms with E-state index in [0.29, 0.717) is 12.1 Å². The first kappa shape index (κ1) is 13.9. The van der Waals surface area contributed by atoms with Crippen LogP contribution < -0.4 is 5.73 Å². The van der Waals surface area contributed by atoms with Gasteiger partial charge in [0.2, 0.25) is 0 Å². The van der Waals surface area contributed by atoms with Crippen molar-refractivity contribution in [2.75, 3.05) is 25.9 Å². The number of hydrogen-bond acceptors (Lipinski definition) is 3. The number of nitrogens with zero attached hydrogens (tertiary/aromatic N) is 2. The molecule has 0 saturated carbocycles. The maximum Gasteiger partial charge on any atom is 0.253 e. The van der Waals surface area contributed by atoms with Crippen molar-refractivity contribution >= 4 is 11.6 Å². The lowest BCUT2D eigenvalue weighted by molar-refractivity contribution is 0.0414. The Morgan fingerprint density at radius 2 is 1.84 bits per heavy atom. The van der Waals surface area contributed by atoms with Gasteiger partial charge in [0.25, 0.3) is 5.91 Å². The van der Waals surface area contributed by atoms with Gasteiger partial charge in [-0.3, -0.25) is 9.69 Å². The van der Waals surface area contributed by atoms with Crippen LogP contribution in [-0.4, -0.2) is 47.9 Å². The summed E-state index contributed by atoms with van der Waals surface area (Å²) in [5.41, 5.74) is 8.22. The van der Waals surface area contributed by atoms with Gasteiger partial charge in [0.05, 0.1) is 0 Å². The summed E-state index contributed by atoms with van der Waals surface area (Å²) < 4.78 is 0. The van der Waals surface area contributed by atoms with Crippen LogP contribution in [0.3, 0.4) is 0 Å². The number of nitrogens with two attached hydrogens (primary N) is 1. The standard InChI is InChI=1S/C15H23N3O/c1-10-7-13(5-6-14(10)16)15(19)18-8-11(2)17(4)12(3)9-18/h5-7,11-12H,8-9,16H2,1-4H3. The third kappa shape index (κ3) is 2.73. The van der Waals surface area contributed by atoms with E-state index in [-0.39, 0.29) is 5.91 Å². The van der Waals surface area contributed by atoms with Crippen LogP contribution in [0, 0.1) is 6.92 Å². The summed E-state index contributed by atoms with van der Waals surface area (Å²) in [5.74, 6) is 0.106. The summed E-state index contributed by atoms with van der Waals surface area (Å²) in [6, 6.07) is 6.29. The van der Waals surface area contributed by atoms with E-state index in [1.165, 1.54) is 0 Å². The molecule has 1 fully saturated rings. The number of amides is 1. The van der Waals surface area contributed by atoms with Crippen molar-refractivity contribution in [1.29, 1.82) is 0 Å². The Hall–Kier alpha value is -1.55. The minimum absolute atomic E-state index is 0.106. The Morgan fingerprint density at radius 1 is 1.26 bits per heavy atom. The van der Waals surface area contributed by atoms with Gasteiger partial charge >= 0.3 is 0 Å². The second kappa shape index (κ2) is 5.21. The largest absolute Gasteiger partial charge is 0.399 e. The minimum Gasteiger partial charge on any atom is -0.399 e. The van der Waals surface area contributed by atoms with Crippen molar-refractivity contribution in [3.63, 3.8) is 0 Å². The molecule has 1 saturated heterocycles.